The summed E-state index contributed by atoms with van der Waals surface area (Å²) in [5.74, 6) is 1.76. The Labute approximate surface area is 150 Å². The summed E-state index contributed by atoms with van der Waals surface area (Å²) in [6.07, 6.45) is 2.03. The number of rotatable bonds is 8. The van der Waals surface area contributed by atoms with E-state index in [0.717, 1.165) is 34.6 Å². The van der Waals surface area contributed by atoms with Crippen LogP contribution in [0.4, 0.5) is 0 Å². The van der Waals surface area contributed by atoms with Gasteiger partial charge >= 0.3 is 0 Å². The van der Waals surface area contributed by atoms with Crippen LogP contribution < -0.4 is 14.8 Å². The fraction of sp³-hybridized carbons (Fsp3) is 0.381. The molecule has 0 heterocycles. The van der Waals surface area contributed by atoms with Crippen LogP contribution in [-0.4, -0.2) is 20.1 Å². The second-order valence-electron chi connectivity index (χ2n) is 6.11. The average Bonchev–Trinajstić information content (AvgIpc) is 2.64. The van der Waals surface area contributed by atoms with Gasteiger partial charge in [-0.15, -0.1) is 0 Å². The molecule has 4 heteroatoms. The number of carbonyl (C=O) groups excluding carboxylic acids is 1. The maximum Gasteiger partial charge on any atom is 0.220 e. The number of benzene rings is 2. The van der Waals surface area contributed by atoms with Crippen LogP contribution >= 0.6 is 0 Å². The summed E-state index contributed by atoms with van der Waals surface area (Å²) >= 11 is 0. The van der Waals surface area contributed by atoms with Crippen molar-refractivity contribution in [1.29, 1.82) is 0 Å². The molecule has 0 radical (unpaired) electrons. The molecule has 1 N–H and O–H groups in total. The van der Waals surface area contributed by atoms with E-state index in [1.807, 2.05) is 43.3 Å². The molecule has 0 saturated carbocycles. The number of methoxy groups -OCH3 is 2. The summed E-state index contributed by atoms with van der Waals surface area (Å²) in [4.78, 5) is 12.3. The molecule has 1 atom stereocenters. The Balaban J connectivity index is 1.93. The monoisotopic (exact) mass is 341 g/mol. The molecule has 0 aromatic heterocycles. The lowest BCUT2D eigenvalue weighted by Crippen LogP contribution is -2.28. The first-order chi connectivity index (χ1) is 12.1. The molecule has 2 aromatic rings. The molecule has 0 aliphatic rings. The topological polar surface area (TPSA) is 47.6 Å². The summed E-state index contributed by atoms with van der Waals surface area (Å²) in [5.41, 5.74) is 3.31. The first-order valence-electron chi connectivity index (χ1n) is 8.64. The zero-order valence-electron chi connectivity index (χ0n) is 15.5. The number of aryl methyl sites for hydroxylation is 2. The van der Waals surface area contributed by atoms with Crippen LogP contribution in [0, 0.1) is 6.92 Å². The van der Waals surface area contributed by atoms with Crippen LogP contribution in [0.2, 0.25) is 0 Å². The van der Waals surface area contributed by atoms with Crippen molar-refractivity contribution in [2.45, 2.75) is 39.2 Å². The average molecular weight is 341 g/mol. The van der Waals surface area contributed by atoms with Gasteiger partial charge in [0.1, 0.15) is 11.5 Å². The predicted molar refractivity (Wildman–Crippen MR) is 100 cm³/mol. The molecule has 0 bridgehead atoms. The van der Waals surface area contributed by atoms with Gasteiger partial charge in [-0.2, -0.15) is 0 Å². The van der Waals surface area contributed by atoms with Crippen LogP contribution in [0.1, 0.15) is 42.5 Å². The molecule has 0 spiro atoms. The molecule has 0 unspecified atom stereocenters. The molecular formula is C21H27NO3. The smallest absolute Gasteiger partial charge is 0.220 e. The Hall–Kier alpha value is -2.49. The molecule has 0 saturated heterocycles. The van der Waals surface area contributed by atoms with Crippen molar-refractivity contribution >= 4 is 5.91 Å². The van der Waals surface area contributed by atoms with Crippen molar-refractivity contribution in [1.82, 2.24) is 5.32 Å². The quantitative estimate of drug-likeness (QED) is 0.782. The number of hydrogen-bond acceptors (Lipinski definition) is 3. The third kappa shape index (κ3) is 5.24. The molecule has 4 nitrogen and oxygen atoms in total. The van der Waals surface area contributed by atoms with E-state index in [9.17, 15) is 4.79 Å². The van der Waals surface area contributed by atoms with Crippen molar-refractivity contribution in [2.75, 3.05) is 14.2 Å². The van der Waals surface area contributed by atoms with E-state index in [1.54, 1.807) is 14.2 Å². The Kier molecular flexibility index (Phi) is 6.87. The van der Waals surface area contributed by atoms with E-state index in [0.29, 0.717) is 12.8 Å². The summed E-state index contributed by atoms with van der Waals surface area (Å²) in [6.45, 7) is 4.09. The fourth-order valence-corrected chi connectivity index (χ4v) is 2.86. The van der Waals surface area contributed by atoms with Gasteiger partial charge in [-0.1, -0.05) is 31.2 Å². The van der Waals surface area contributed by atoms with Gasteiger partial charge in [0.2, 0.25) is 5.91 Å². The first kappa shape index (κ1) is 18.8. The van der Waals surface area contributed by atoms with Crippen LogP contribution in [0.15, 0.2) is 42.5 Å². The van der Waals surface area contributed by atoms with Crippen LogP contribution in [0.25, 0.3) is 0 Å². The third-order valence-corrected chi connectivity index (χ3v) is 4.36. The second-order valence-corrected chi connectivity index (χ2v) is 6.11. The van der Waals surface area contributed by atoms with Crippen LogP contribution in [0.5, 0.6) is 11.5 Å². The van der Waals surface area contributed by atoms with Crippen molar-refractivity contribution in [2.24, 2.45) is 0 Å². The third-order valence-electron chi connectivity index (χ3n) is 4.36. The second kappa shape index (κ2) is 9.11. The number of amides is 1. The van der Waals surface area contributed by atoms with E-state index in [4.69, 9.17) is 9.47 Å². The highest BCUT2D eigenvalue weighted by Crippen LogP contribution is 2.24. The minimum atomic E-state index is 0.0213. The summed E-state index contributed by atoms with van der Waals surface area (Å²) in [5, 5.41) is 3.14. The van der Waals surface area contributed by atoms with Gasteiger partial charge in [0.25, 0.3) is 0 Å². The van der Waals surface area contributed by atoms with E-state index in [-0.39, 0.29) is 11.9 Å². The molecule has 0 fully saturated rings. The standard InChI is InChI=1S/C21H27NO3/c1-5-19(17-9-12-20(25-4)15(2)14-17)22-21(23)13-8-16-6-10-18(24-3)11-7-16/h6-7,9-12,14,19H,5,8,13H2,1-4H3,(H,22,23)/t19-/m0/s1. The number of carbonyl (C=O) groups is 1. The summed E-state index contributed by atoms with van der Waals surface area (Å²) in [7, 11) is 3.31. The zero-order chi connectivity index (χ0) is 18.2. The van der Waals surface area contributed by atoms with Crippen LogP contribution in [0.3, 0.4) is 0 Å². The van der Waals surface area contributed by atoms with E-state index >= 15 is 0 Å². The minimum absolute atomic E-state index is 0.0213. The Morgan fingerprint density at radius 1 is 1.08 bits per heavy atom. The molecule has 0 aliphatic heterocycles. The Morgan fingerprint density at radius 2 is 1.80 bits per heavy atom. The molecule has 0 aliphatic carbocycles. The Bertz CT molecular complexity index is 695. The Morgan fingerprint density at radius 3 is 2.36 bits per heavy atom. The van der Waals surface area contributed by atoms with Gasteiger partial charge in [-0.25, -0.2) is 0 Å². The predicted octanol–water partition coefficient (Wildman–Crippen LogP) is 4.21. The normalized spacial score (nSPS) is 11.7. The number of ether oxygens (including phenoxy) is 2. The van der Waals surface area contributed by atoms with Crippen LogP contribution in [-0.2, 0) is 11.2 Å². The van der Waals surface area contributed by atoms with Crippen molar-refractivity contribution < 1.29 is 14.3 Å². The lowest BCUT2D eigenvalue weighted by Gasteiger charge is -2.19. The highest BCUT2D eigenvalue weighted by Gasteiger charge is 2.14. The van der Waals surface area contributed by atoms with Gasteiger partial charge in [-0.05, 0) is 54.7 Å². The molecule has 134 valence electrons. The highest BCUT2D eigenvalue weighted by atomic mass is 16.5. The van der Waals surface area contributed by atoms with Gasteiger partial charge in [0.05, 0.1) is 20.3 Å². The number of nitrogens with one attached hydrogen (secondary N) is 1. The maximum absolute atomic E-state index is 12.3. The summed E-state index contributed by atoms with van der Waals surface area (Å²) in [6, 6.07) is 13.9. The molecule has 2 rings (SSSR count). The molecule has 25 heavy (non-hydrogen) atoms. The maximum atomic E-state index is 12.3. The van der Waals surface area contributed by atoms with Gasteiger partial charge in [-0.3, -0.25) is 4.79 Å². The van der Waals surface area contributed by atoms with E-state index in [2.05, 4.69) is 18.3 Å². The van der Waals surface area contributed by atoms with Crippen molar-refractivity contribution in [3.8, 4) is 11.5 Å². The lowest BCUT2D eigenvalue weighted by molar-refractivity contribution is -0.121. The van der Waals surface area contributed by atoms with Crippen molar-refractivity contribution in [3.05, 3.63) is 59.2 Å². The molecule has 2 aromatic carbocycles. The fourth-order valence-electron chi connectivity index (χ4n) is 2.86. The SMILES string of the molecule is CC[C@H](NC(=O)CCc1ccc(OC)cc1)c1ccc(OC)c(C)c1. The zero-order valence-corrected chi connectivity index (χ0v) is 15.5. The lowest BCUT2D eigenvalue weighted by atomic mass is 10.0. The molecular weight excluding hydrogens is 314 g/mol. The molecule has 1 amide bonds. The summed E-state index contributed by atoms with van der Waals surface area (Å²) < 4.78 is 10.5. The van der Waals surface area contributed by atoms with Gasteiger partial charge in [0, 0.05) is 6.42 Å². The van der Waals surface area contributed by atoms with Crippen molar-refractivity contribution in [3.63, 3.8) is 0 Å². The van der Waals surface area contributed by atoms with Gasteiger partial charge in [0.15, 0.2) is 0 Å². The first-order valence-corrected chi connectivity index (χ1v) is 8.64. The van der Waals surface area contributed by atoms with E-state index < -0.39 is 0 Å². The van der Waals surface area contributed by atoms with Gasteiger partial charge < -0.3 is 14.8 Å². The van der Waals surface area contributed by atoms with E-state index in [1.165, 1.54) is 0 Å². The number of hydrogen-bond donors (Lipinski definition) is 1. The largest absolute Gasteiger partial charge is 0.497 e. The highest BCUT2D eigenvalue weighted by molar-refractivity contribution is 5.76. The minimum Gasteiger partial charge on any atom is -0.497 e.